The number of nitrogens with one attached hydrogen (secondary N) is 1. The van der Waals surface area contributed by atoms with Gasteiger partial charge in [0.15, 0.2) is 0 Å². The monoisotopic (exact) mass is 416 g/mol. The van der Waals surface area contributed by atoms with Crippen LogP contribution in [0.1, 0.15) is 35.6 Å². The topological polar surface area (TPSA) is 98.1 Å². The molecule has 8 nitrogen and oxygen atoms in total. The van der Waals surface area contributed by atoms with Crippen LogP contribution in [0.4, 0.5) is 5.82 Å². The molecule has 8 heteroatoms. The van der Waals surface area contributed by atoms with Crippen LogP contribution in [0.2, 0.25) is 0 Å². The molecule has 3 aromatic heterocycles. The molecule has 2 saturated heterocycles. The third-order valence-electron chi connectivity index (χ3n) is 6.03. The smallest absolute Gasteiger partial charge is 0.254 e. The highest BCUT2D eigenvalue weighted by molar-refractivity contribution is 5.75. The van der Waals surface area contributed by atoms with Crippen LogP contribution >= 0.6 is 0 Å². The summed E-state index contributed by atoms with van der Waals surface area (Å²) in [5.74, 6) is 0.908. The number of hydrogen-bond acceptors (Lipinski definition) is 7. The number of hydrogen-bond donors (Lipinski definition) is 1. The van der Waals surface area contributed by atoms with Gasteiger partial charge in [0.05, 0.1) is 22.7 Å². The maximum atomic E-state index is 12.5. The van der Waals surface area contributed by atoms with Crippen molar-refractivity contribution in [3.05, 3.63) is 63.7 Å². The van der Waals surface area contributed by atoms with Crippen LogP contribution in [0, 0.1) is 11.3 Å². The Balaban J connectivity index is 1.25. The van der Waals surface area contributed by atoms with Gasteiger partial charge in [-0.25, -0.2) is 4.98 Å². The summed E-state index contributed by atoms with van der Waals surface area (Å²) in [6.45, 7) is 5.07. The number of rotatable bonds is 4. The zero-order chi connectivity index (χ0) is 21.2. The fraction of sp³-hybridized carbons (Fsp3) is 0.391. The number of nitrogens with zero attached hydrogens (tertiary/aromatic N) is 5. The number of pyridine rings is 3. The van der Waals surface area contributed by atoms with Gasteiger partial charge in [-0.2, -0.15) is 5.26 Å². The fourth-order valence-electron chi connectivity index (χ4n) is 4.32. The van der Waals surface area contributed by atoms with Crippen molar-refractivity contribution in [2.45, 2.75) is 25.5 Å². The van der Waals surface area contributed by atoms with Crippen LogP contribution < -0.4 is 10.5 Å². The van der Waals surface area contributed by atoms with Crippen LogP contribution in [0.3, 0.4) is 0 Å². The van der Waals surface area contributed by atoms with E-state index in [1.54, 1.807) is 12.3 Å². The van der Waals surface area contributed by atoms with Crippen molar-refractivity contribution in [3.8, 4) is 6.07 Å². The van der Waals surface area contributed by atoms with Crippen LogP contribution in [0.5, 0.6) is 0 Å². The van der Waals surface area contributed by atoms with Gasteiger partial charge in [0, 0.05) is 57.3 Å². The Labute approximate surface area is 180 Å². The summed E-state index contributed by atoms with van der Waals surface area (Å²) in [5.41, 5.74) is 3.82. The molecule has 31 heavy (non-hydrogen) atoms. The standard InChI is InChI=1S/C23H24N6O2/c24-12-16-3-4-22(26-13-16)29-7-5-28(6-8-29)15-17-10-20-19(25-14-17)11-18(23(30)27-20)21-2-1-9-31-21/h3-4,10-11,13-14,21H,1-2,5-9,15H2,(H,27,30)/t21-/m1/s1. The number of aromatic amines is 1. The molecule has 0 spiro atoms. The highest BCUT2D eigenvalue weighted by Gasteiger charge is 2.22. The van der Waals surface area contributed by atoms with Crippen LogP contribution in [-0.4, -0.2) is 52.6 Å². The van der Waals surface area contributed by atoms with Gasteiger partial charge in [-0.05, 0) is 42.7 Å². The van der Waals surface area contributed by atoms with Gasteiger partial charge < -0.3 is 14.6 Å². The molecule has 5 heterocycles. The first-order valence-corrected chi connectivity index (χ1v) is 10.7. The van der Waals surface area contributed by atoms with E-state index in [0.29, 0.717) is 17.7 Å². The lowest BCUT2D eigenvalue weighted by Gasteiger charge is -2.35. The molecule has 1 atom stereocenters. The first-order valence-electron chi connectivity index (χ1n) is 10.7. The SMILES string of the molecule is N#Cc1ccc(N2CCN(Cc3cnc4cc([C@H]5CCCO5)c(=O)[nH]c4c3)CC2)nc1. The van der Waals surface area contributed by atoms with Gasteiger partial charge in [-0.1, -0.05) is 0 Å². The van der Waals surface area contributed by atoms with E-state index in [-0.39, 0.29) is 11.7 Å². The van der Waals surface area contributed by atoms with E-state index in [4.69, 9.17) is 10.00 Å². The van der Waals surface area contributed by atoms with Crippen LogP contribution in [-0.2, 0) is 11.3 Å². The van der Waals surface area contributed by atoms with E-state index < -0.39 is 0 Å². The van der Waals surface area contributed by atoms with E-state index in [1.165, 1.54) is 0 Å². The fourth-order valence-corrected chi connectivity index (χ4v) is 4.32. The third kappa shape index (κ3) is 4.15. The van der Waals surface area contributed by atoms with E-state index in [1.807, 2.05) is 24.4 Å². The summed E-state index contributed by atoms with van der Waals surface area (Å²) < 4.78 is 5.67. The second-order valence-corrected chi connectivity index (χ2v) is 8.11. The van der Waals surface area contributed by atoms with Crippen LogP contribution in [0.15, 0.2) is 41.5 Å². The Hall–Kier alpha value is -3.28. The minimum atomic E-state index is -0.114. The molecule has 0 saturated carbocycles. The number of piperazine rings is 1. The molecule has 2 aliphatic rings. The summed E-state index contributed by atoms with van der Waals surface area (Å²) in [4.78, 5) is 29.1. The van der Waals surface area contributed by atoms with Crippen molar-refractivity contribution in [2.75, 3.05) is 37.7 Å². The van der Waals surface area contributed by atoms with Gasteiger partial charge in [-0.3, -0.25) is 14.7 Å². The Kier molecular flexibility index (Phi) is 5.37. The van der Waals surface area contributed by atoms with E-state index in [0.717, 1.165) is 68.0 Å². The Morgan fingerprint density at radius 3 is 2.74 bits per heavy atom. The summed E-state index contributed by atoms with van der Waals surface area (Å²) in [7, 11) is 0. The molecule has 5 rings (SSSR count). The quantitative estimate of drug-likeness (QED) is 0.697. The van der Waals surface area contributed by atoms with Crippen molar-refractivity contribution in [3.63, 3.8) is 0 Å². The molecule has 158 valence electrons. The van der Waals surface area contributed by atoms with Crippen molar-refractivity contribution in [1.82, 2.24) is 19.9 Å². The molecule has 0 unspecified atom stereocenters. The Morgan fingerprint density at radius 2 is 2.03 bits per heavy atom. The number of anilines is 1. The second-order valence-electron chi connectivity index (χ2n) is 8.11. The largest absolute Gasteiger partial charge is 0.373 e. The summed E-state index contributed by atoms with van der Waals surface area (Å²) >= 11 is 0. The minimum Gasteiger partial charge on any atom is -0.373 e. The zero-order valence-corrected chi connectivity index (χ0v) is 17.3. The average molecular weight is 416 g/mol. The van der Waals surface area contributed by atoms with Gasteiger partial charge in [0.1, 0.15) is 11.9 Å². The summed E-state index contributed by atoms with van der Waals surface area (Å²) in [6.07, 6.45) is 5.28. The summed E-state index contributed by atoms with van der Waals surface area (Å²) in [6, 6.07) is 9.71. The molecule has 0 aromatic carbocycles. The molecule has 0 aliphatic carbocycles. The Bertz CT molecular complexity index is 1170. The molecule has 0 amide bonds. The van der Waals surface area contributed by atoms with Crippen LogP contribution in [0.25, 0.3) is 11.0 Å². The maximum absolute atomic E-state index is 12.5. The lowest BCUT2D eigenvalue weighted by Crippen LogP contribution is -2.46. The van der Waals surface area contributed by atoms with Gasteiger partial charge >= 0.3 is 0 Å². The predicted octanol–water partition coefficient (Wildman–Crippen LogP) is 2.36. The van der Waals surface area contributed by atoms with Gasteiger partial charge in [-0.15, -0.1) is 0 Å². The number of ether oxygens (including phenoxy) is 1. The van der Waals surface area contributed by atoms with Gasteiger partial charge in [0.2, 0.25) is 0 Å². The third-order valence-corrected chi connectivity index (χ3v) is 6.03. The molecular weight excluding hydrogens is 392 g/mol. The highest BCUT2D eigenvalue weighted by atomic mass is 16.5. The molecular formula is C23H24N6O2. The highest BCUT2D eigenvalue weighted by Crippen LogP contribution is 2.27. The summed E-state index contributed by atoms with van der Waals surface area (Å²) in [5, 5.41) is 8.92. The number of H-pyrrole nitrogens is 1. The first kappa shape index (κ1) is 19.7. The molecule has 2 aliphatic heterocycles. The zero-order valence-electron chi connectivity index (χ0n) is 17.3. The Morgan fingerprint density at radius 1 is 1.16 bits per heavy atom. The van der Waals surface area contributed by atoms with Gasteiger partial charge in [0.25, 0.3) is 5.56 Å². The molecule has 0 bridgehead atoms. The molecule has 1 N–H and O–H groups in total. The average Bonchev–Trinajstić information content (AvgIpc) is 3.34. The van der Waals surface area contributed by atoms with E-state index >= 15 is 0 Å². The van der Waals surface area contributed by atoms with E-state index in [9.17, 15) is 4.79 Å². The van der Waals surface area contributed by atoms with Crippen molar-refractivity contribution >= 4 is 16.9 Å². The second kappa shape index (κ2) is 8.46. The van der Waals surface area contributed by atoms with E-state index in [2.05, 4.69) is 30.8 Å². The molecule has 2 fully saturated rings. The molecule has 0 radical (unpaired) electrons. The number of nitriles is 1. The van der Waals surface area contributed by atoms with Crippen molar-refractivity contribution in [1.29, 1.82) is 5.26 Å². The predicted molar refractivity (Wildman–Crippen MR) is 117 cm³/mol. The number of fused-ring (bicyclic) bond motifs is 1. The minimum absolute atomic E-state index is 0.0816. The van der Waals surface area contributed by atoms with Crippen molar-refractivity contribution < 1.29 is 4.74 Å². The maximum Gasteiger partial charge on any atom is 0.254 e. The lowest BCUT2D eigenvalue weighted by molar-refractivity contribution is 0.111. The lowest BCUT2D eigenvalue weighted by atomic mass is 10.1. The first-order chi connectivity index (χ1) is 15.2. The normalized spacial score (nSPS) is 19.6. The molecule has 3 aromatic rings. The van der Waals surface area contributed by atoms with Crippen molar-refractivity contribution in [2.24, 2.45) is 0 Å². The number of aromatic nitrogens is 3.